The van der Waals surface area contributed by atoms with Crippen LogP contribution >= 0.6 is 0 Å². The van der Waals surface area contributed by atoms with Gasteiger partial charge in [-0.2, -0.15) is 0 Å². The molecule has 5 heteroatoms. The van der Waals surface area contributed by atoms with Gasteiger partial charge in [0.25, 0.3) is 5.91 Å². The van der Waals surface area contributed by atoms with Crippen LogP contribution in [0.25, 0.3) is 0 Å². The zero-order chi connectivity index (χ0) is 20.1. The van der Waals surface area contributed by atoms with Crippen molar-refractivity contribution in [2.75, 3.05) is 19.6 Å². The Bertz CT molecular complexity index is 835. The van der Waals surface area contributed by atoms with Gasteiger partial charge >= 0.3 is 0 Å². The second-order valence-electron chi connectivity index (χ2n) is 7.49. The molecule has 148 valence electrons. The third kappa shape index (κ3) is 4.58. The van der Waals surface area contributed by atoms with Crippen molar-refractivity contribution in [3.8, 4) is 0 Å². The van der Waals surface area contributed by atoms with Gasteiger partial charge in [-0.15, -0.1) is 0 Å². The number of likely N-dealkylation sites (tertiary alicyclic amines) is 1. The van der Waals surface area contributed by atoms with Crippen LogP contribution < -0.4 is 5.32 Å². The molecular weight excluding hydrogens is 355 g/mol. The van der Waals surface area contributed by atoms with Gasteiger partial charge in [-0.05, 0) is 43.2 Å². The standard InChI is InChI=1S/C23H27FN2O2/c1-3-4-12-25-22(27)21-15-26(23(28)17-10-8-16(2)9-11-17)14-20(21)18-6-5-7-19(24)13-18/h5-11,13,20-21H,3-4,12,14-15H2,1-2H3,(H,25,27)/t20-,21-/m1/s1. The van der Waals surface area contributed by atoms with E-state index in [-0.39, 0.29) is 29.5 Å². The van der Waals surface area contributed by atoms with E-state index in [4.69, 9.17) is 0 Å². The Morgan fingerprint density at radius 2 is 1.89 bits per heavy atom. The number of benzene rings is 2. The lowest BCUT2D eigenvalue weighted by molar-refractivity contribution is -0.124. The summed E-state index contributed by atoms with van der Waals surface area (Å²) in [5, 5.41) is 2.98. The molecule has 2 atom stereocenters. The maximum absolute atomic E-state index is 13.8. The smallest absolute Gasteiger partial charge is 0.253 e. The number of hydrogen-bond donors (Lipinski definition) is 1. The van der Waals surface area contributed by atoms with E-state index in [0.717, 1.165) is 24.0 Å². The first-order chi connectivity index (χ1) is 13.5. The van der Waals surface area contributed by atoms with Gasteiger partial charge in [-0.3, -0.25) is 9.59 Å². The Labute approximate surface area is 165 Å². The first-order valence-corrected chi connectivity index (χ1v) is 9.88. The third-order valence-corrected chi connectivity index (χ3v) is 5.35. The Balaban J connectivity index is 1.82. The fourth-order valence-corrected chi connectivity index (χ4v) is 3.71. The van der Waals surface area contributed by atoms with Gasteiger partial charge in [0.1, 0.15) is 5.82 Å². The van der Waals surface area contributed by atoms with Crippen molar-refractivity contribution in [1.29, 1.82) is 0 Å². The zero-order valence-electron chi connectivity index (χ0n) is 16.5. The average molecular weight is 382 g/mol. The van der Waals surface area contributed by atoms with E-state index in [9.17, 15) is 14.0 Å². The van der Waals surface area contributed by atoms with Crippen LogP contribution in [0.2, 0.25) is 0 Å². The van der Waals surface area contributed by atoms with E-state index in [0.29, 0.717) is 25.2 Å². The molecule has 1 saturated heterocycles. The molecule has 28 heavy (non-hydrogen) atoms. The second-order valence-corrected chi connectivity index (χ2v) is 7.49. The maximum atomic E-state index is 13.8. The lowest BCUT2D eigenvalue weighted by atomic mass is 9.88. The number of hydrogen-bond acceptors (Lipinski definition) is 2. The summed E-state index contributed by atoms with van der Waals surface area (Å²) in [6, 6.07) is 13.8. The molecule has 0 saturated carbocycles. The molecule has 0 aromatic heterocycles. The Kier molecular flexibility index (Phi) is 6.45. The molecule has 2 aromatic rings. The highest BCUT2D eigenvalue weighted by Gasteiger charge is 2.40. The van der Waals surface area contributed by atoms with Gasteiger partial charge in [-0.1, -0.05) is 43.2 Å². The molecule has 0 radical (unpaired) electrons. The number of nitrogens with one attached hydrogen (secondary N) is 1. The molecule has 0 aliphatic carbocycles. The van der Waals surface area contributed by atoms with Crippen LogP contribution in [0, 0.1) is 18.7 Å². The number of carbonyl (C=O) groups is 2. The van der Waals surface area contributed by atoms with Gasteiger partial charge in [0, 0.05) is 31.1 Å². The van der Waals surface area contributed by atoms with Crippen molar-refractivity contribution >= 4 is 11.8 Å². The molecular formula is C23H27FN2O2. The van der Waals surface area contributed by atoms with Crippen LogP contribution in [0.15, 0.2) is 48.5 Å². The van der Waals surface area contributed by atoms with Gasteiger partial charge in [0.05, 0.1) is 5.92 Å². The van der Waals surface area contributed by atoms with E-state index in [1.807, 2.05) is 37.3 Å². The van der Waals surface area contributed by atoms with Crippen molar-refractivity contribution in [1.82, 2.24) is 10.2 Å². The minimum Gasteiger partial charge on any atom is -0.356 e. The lowest BCUT2D eigenvalue weighted by Crippen LogP contribution is -2.36. The second kappa shape index (κ2) is 9.00. The summed E-state index contributed by atoms with van der Waals surface area (Å²) in [4.78, 5) is 27.5. The molecule has 3 rings (SSSR count). The minimum atomic E-state index is -0.381. The summed E-state index contributed by atoms with van der Waals surface area (Å²) in [6.45, 7) is 5.40. The van der Waals surface area contributed by atoms with Crippen LogP contribution in [-0.2, 0) is 4.79 Å². The first kappa shape index (κ1) is 20.1. The number of rotatable bonds is 6. The molecule has 2 aromatic carbocycles. The number of nitrogens with zero attached hydrogens (tertiary/aromatic N) is 1. The van der Waals surface area contributed by atoms with Crippen molar-refractivity contribution in [2.45, 2.75) is 32.6 Å². The van der Waals surface area contributed by atoms with Crippen molar-refractivity contribution < 1.29 is 14.0 Å². The predicted molar refractivity (Wildman–Crippen MR) is 108 cm³/mol. The predicted octanol–water partition coefficient (Wildman–Crippen LogP) is 3.91. The largest absolute Gasteiger partial charge is 0.356 e. The summed E-state index contributed by atoms with van der Waals surface area (Å²) in [5.41, 5.74) is 2.45. The summed E-state index contributed by atoms with van der Waals surface area (Å²) < 4.78 is 13.8. The quantitative estimate of drug-likeness (QED) is 0.770. The van der Waals surface area contributed by atoms with Crippen molar-refractivity contribution in [3.63, 3.8) is 0 Å². The van der Waals surface area contributed by atoms with Crippen molar-refractivity contribution in [2.24, 2.45) is 5.92 Å². The number of amides is 2. The highest BCUT2D eigenvalue weighted by atomic mass is 19.1. The molecule has 2 amide bonds. The number of halogens is 1. The van der Waals surface area contributed by atoms with Gasteiger partial charge in [0.2, 0.25) is 5.91 Å². The van der Waals surface area contributed by atoms with Crippen LogP contribution in [0.5, 0.6) is 0 Å². The third-order valence-electron chi connectivity index (χ3n) is 5.35. The fraction of sp³-hybridized carbons (Fsp3) is 0.391. The first-order valence-electron chi connectivity index (χ1n) is 9.88. The van der Waals surface area contributed by atoms with E-state index in [1.54, 1.807) is 11.0 Å². The molecule has 1 aliphatic heterocycles. The highest BCUT2D eigenvalue weighted by molar-refractivity contribution is 5.95. The summed E-state index contributed by atoms with van der Waals surface area (Å²) >= 11 is 0. The topological polar surface area (TPSA) is 49.4 Å². The molecule has 1 N–H and O–H groups in total. The lowest BCUT2D eigenvalue weighted by Gasteiger charge is -2.18. The van der Waals surface area contributed by atoms with E-state index >= 15 is 0 Å². The molecule has 0 bridgehead atoms. The van der Waals surface area contributed by atoms with Gasteiger partial charge in [-0.25, -0.2) is 4.39 Å². The molecule has 4 nitrogen and oxygen atoms in total. The molecule has 1 fully saturated rings. The summed E-state index contributed by atoms with van der Waals surface area (Å²) in [6.07, 6.45) is 1.91. The fourth-order valence-electron chi connectivity index (χ4n) is 3.71. The van der Waals surface area contributed by atoms with Gasteiger partial charge in [0.15, 0.2) is 0 Å². The highest BCUT2D eigenvalue weighted by Crippen LogP contribution is 2.34. The normalized spacial score (nSPS) is 18.9. The molecule has 1 aliphatic rings. The molecule has 0 unspecified atom stereocenters. The molecule has 0 spiro atoms. The Morgan fingerprint density at radius 3 is 2.57 bits per heavy atom. The van der Waals surface area contributed by atoms with E-state index in [2.05, 4.69) is 12.2 Å². The van der Waals surface area contributed by atoms with E-state index < -0.39 is 0 Å². The van der Waals surface area contributed by atoms with Crippen LogP contribution in [0.1, 0.15) is 47.2 Å². The summed E-state index contributed by atoms with van der Waals surface area (Å²) in [7, 11) is 0. The number of unbranched alkanes of at least 4 members (excludes halogenated alkanes) is 1. The van der Waals surface area contributed by atoms with Crippen molar-refractivity contribution in [3.05, 3.63) is 71.0 Å². The number of aryl methyl sites for hydroxylation is 1. The van der Waals surface area contributed by atoms with E-state index in [1.165, 1.54) is 12.1 Å². The number of carbonyl (C=O) groups excluding carboxylic acids is 2. The Morgan fingerprint density at radius 1 is 1.14 bits per heavy atom. The zero-order valence-corrected chi connectivity index (χ0v) is 16.5. The minimum absolute atomic E-state index is 0.0677. The van der Waals surface area contributed by atoms with Crippen LogP contribution in [-0.4, -0.2) is 36.3 Å². The van der Waals surface area contributed by atoms with Crippen LogP contribution in [0.4, 0.5) is 4.39 Å². The summed E-state index contributed by atoms with van der Waals surface area (Å²) in [5.74, 6) is -1.09. The average Bonchev–Trinajstić information content (AvgIpc) is 3.14. The van der Waals surface area contributed by atoms with Crippen LogP contribution in [0.3, 0.4) is 0 Å². The molecule has 1 heterocycles. The SMILES string of the molecule is CCCCNC(=O)[C@@H]1CN(C(=O)c2ccc(C)cc2)C[C@@H]1c1cccc(F)c1. The Hall–Kier alpha value is -2.69. The monoisotopic (exact) mass is 382 g/mol. The van der Waals surface area contributed by atoms with Gasteiger partial charge < -0.3 is 10.2 Å². The maximum Gasteiger partial charge on any atom is 0.253 e.